The van der Waals surface area contributed by atoms with E-state index in [2.05, 4.69) is 5.32 Å². The van der Waals surface area contributed by atoms with E-state index in [4.69, 9.17) is 8.83 Å². The Morgan fingerprint density at radius 2 is 1.63 bits per heavy atom. The van der Waals surface area contributed by atoms with Gasteiger partial charge in [0.2, 0.25) is 11.8 Å². The Morgan fingerprint density at radius 3 is 2.22 bits per heavy atom. The molecule has 0 aromatic carbocycles. The van der Waals surface area contributed by atoms with E-state index in [0.717, 1.165) is 0 Å². The smallest absolute Gasteiger partial charge is 0.289 e. The summed E-state index contributed by atoms with van der Waals surface area (Å²) in [7, 11) is 0. The highest BCUT2D eigenvalue weighted by atomic mass is 16.3. The minimum Gasteiger partial charge on any atom is -0.467 e. The van der Waals surface area contributed by atoms with Gasteiger partial charge in [0.15, 0.2) is 5.76 Å². The fourth-order valence-corrected chi connectivity index (χ4v) is 3.38. The van der Waals surface area contributed by atoms with Gasteiger partial charge in [0, 0.05) is 26.2 Å². The molecule has 1 aliphatic carbocycles. The lowest BCUT2D eigenvalue weighted by molar-refractivity contribution is -0.145. The van der Waals surface area contributed by atoms with Crippen LogP contribution in [0.25, 0.3) is 0 Å². The zero-order valence-electron chi connectivity index (χ0n) is 14.8. The van der Waals surface area contributed by atoms with Crippen molar-refractivity contribution in [2.24, 2.45) is 5.41 Å². The molecule has 1 aliphatic heterocycles. The van der Waals surface area contributed by atoms with Gasteiger partial charge in [0.05, 0.1) is 19.1 Å². The summed E-state index contributed by atoms with van der Waals surface area (Å²) in [5.74, 6) is 0.370. The predicted octanol–water partition coefficient (Wildman–Crippen LogP) is 1.25. The Balaban J connectivity index is 1.32. The van der Waals surface area contributed by atoms with Crippen molar-refractivity contribution in [3.8, 4) is 0 Å². The molecule has 27 heavy (non-hydrogen) atoms. The highest BCUT2D eigenvalue weighted by Gasteiger charge is 2.58. The van der Waals surface area contributed by atoms with Crippen LogP contribution in [0.4, 0.5) is 0 Å². The number of rotatable bonds is 5. The summed E-state index contributed by atoms with van der Waals surface area (Å²) in [4.78, 5) is 41.1. The van der Waals surface area contributed by atoms with Gasteiger partial charge in [-0.3, -0.25) is 14.4 Å². The molecule has 8 nitrogen and oxygen atoms in total. The second kappa shape index (κ2) is 6.94. The Kier molecular flexibility index (Phi) is 4.47. The van der Waals surface area contributed by atoms with Gasteiger partial charge in [-0.2, -0.15) is 0 Å². The molecule has 4 rings (SSSR count). The largest absolute Gasteiger partial charge is 0.467 e. The van der Waals surface area contributed by atoms with Gasteiger partial charge in [0.1, 0.15) is 11.2 Å². The van der Waals surface area contributed by atoms with Gasteiger partial charge in [-0.15, -0.1) is 0 Å². The zero-order valence-corrected chi connectivity index (χ0v) is 14.8. The van der Waals surface area contributed by atoms with E-state index in [1.54, 1.807) is 40.3 Å². The summed E-state index contributed by atoms with van der Waals surface area (Å²) in [5.41, 5.74) is -0.959. The van der Waals surface area contributed by atoms with Crippen molar-refractivity contribution < 1.29 is 23.2 Å². The first-order chi connectivity index (χ1) is 13.1. The lowest BCUT2D eigenvalue weighted by atomic mass is 10.0. The van der Waals surface area contributed by atoms with Crippen LogP contribution >= 0.6 is 0 Å². The van der Waals surface area contributed by atoms with Crippen LogP contribution in [-0.2, 0) is 16.1 Å². The van der Waals surface area contributed by atoms with E-state index in [9.17, 15) is 14.4 Å². The molecule has 2 aliphatic rings. The van der Waals surface area contributed by atoms with E-state index in [1.807, 2.05) is 0 Å². The molecule has 142 valence electrons. The number of carbonyl (C=O) groups excluding carboxylic acids is 3. The maximum absolute atomic E-state index is 12.9. The number of nitrogens with one attached hydrogen (secondary N) is 1. The summed E-state index contributed by atoms with van der Waals surface area (Å²) < 4.78 is 10.3. The SMILES string of the molecule is O=C(c1ccco1)N1CCN(C(=O)C2(C(=O)NCc3ccco3)CC2)CC1. The first-order valence-electron chi connectivity index (χ1n) is 9.03. The maximum atomic E-state index is 12.9. The number of nitrogens with zero attached hydrogens (tertiary/aromatic N) is 2. The van der Waals surface area contributed by atoms with E-state index in [-0.39, 0.29) is 24.3 Å². The Labute approximate surface area is 156 Å². The number of hydrogen-bond acceptors (Lipinski definition) is 5. The molecule has 0 radical (unpaired) electrons. The van der Waals surface area contributed by atoms with Gasteiger partial charge >= 0.3 is 0 Å². The minimum absolute atomic E-state index is 0.149. The molecule has 0 atom stereocenters. The molecular weight excluding hydrogens is 350 g/mol. The molecule has 2 aromatic heterocycles. The topological polar surface area (TPSA) is 96.0 Å². The van der Waals surface area contributed by atoms with Crippen LogP contribution in [0.3, 0.4) is 0 Å². The van der Waals surface area contributed by atoms with E-state index >= 15 is 0 Å². The van der Waals surface area contributed by atoms with Crippen LogP contribution in [-0.4, -0.2) is 53.7 Å². The van der Waals surface area contributed by atoms with Crippen LogP contribution in [0.15, 0.2) is 45.6 Å². The highest BCUT2D eigenvalue weighted by Crippen LogP contribution is 2.47. The van der Waals surface area contributed by atoms with Crippen molar-refractivity contribution in [3.05, 3.63) is 48.3 Å². The summed E-state index contributed by atoms with van der Waals surface area (Å²) in [5, 5.41) is 2.80. The summed E-state index contributed by atoms with van der Waals surface area (Å²) in [6.45, 7) is 1.95. The lowest BCUT2D eigenvalue weighted by Gasteiger charge is -2.36. The zero-order chi connectivity index (χ0) is 18.9. The minimum atomic E-state index is -0.959. The fraction of sp³-hybridized carbons (Fsp3) is 0.421. The first-order valence-corrected chi connectivity index (χ1v) is 9.03. The van der Waals surface area contributed by atoms with Gasteiger partial charge in [-0.1, -0.05) is 0 Å². The lowest BCUT2D eigenvalue weighted by Crippen LogP contribution is -2.54. The van der Waals surface area contributed by atoms with Crippen LogP contribution in [0.5, 0.6) is 0 Å². The number of piperazine rings is 1. The molecule has 1 saturated heterocycles. The third-order valence-electron chi connectivity index (χ3n) is 5.18. The third-order valence-corrected chi connectivity index (χ3v) is 5.18. The van der Waals surface area contributed by atoms with Gasteiger partial charge in [-0.25, -0.2) is 0 Å². The number of amides is 3. The van der Waals surface area contributed by atoms with Crippen molar-refractivity contribution in [2.45, 2.75) is 19.4 Å². The van der Waals surface area contributed by atoms with Crippen LogP contribution in [0.2, 0.25) is 0 Å². The molecule has 2 aromatic rings. The standard InChI is InChI=1S/C19H21N3O5/c23-16(15-4-2-12-27-15)21-7-9-22(10-8-21)18(25)19(5-6-19)17(24)20-13-14-3-1-11-26-14/h1-4,11-12H,5-10,13H2,(H,20,24). The second-order valence-corrected chi connectivity index (χ2v) is 6.91. The number of hydrogen-bond donors (Lipinski definition) is 1. The monoisotopic (exact) mass is 371 g/mol. The second-order valence-electron chi connectivity index (χ2n) is 6.91. The van der Waals surface area contributed by atoms with E-state index < -0.39 is 5.41 Å². The highest BCUT2D eigenvalue weighted by molar-refractivity contribution is 6.07. The van der Waals surface area contributed by atoms with Gasteiger partial charge in [0.25, 0.3) is 5.91 Å². The summed E-state index contributed by atoms with van der Waals surface area (Å²) in [6.07, 6.45) is 4.12. The molecule has 0 bridgehead atoms. The van der Waals surface area contributed by atoms with Crippen molar-refractivity contribution in [3.63, 3.8) is 0 Å². The Bertz CT molecular complexity index is 816. The van der Waals surface area contributed by atoms with Gasteiger partial charge in [-0.05, 0) is 37.1 Å². The normalized spacial score (nSPS) is 18.2. The Hall–Kier alpha value is -3.03. The number of furan rings is 2. The molecular formula is C19H21N3O5. The molecule has 2 fully saturated rings. The van der Waals surface area contributed by atoms with Gasteiger partial charge < -0.3 is 24.0 Å². The number of carbonyl (C=O) groups is 3. The van der Waals surface area contributed by atoms with Crippen molar-refractivity contribution >= 4 is 17.7 Å². The van der Waals surface area contributed by atoms with Crippen molar-refractivity contribution in [1.29, 1.82) is 0 Å². The average molecular weight is 371 g/mol. The molecule has 0 unspecified atom stereocenters. The van der Waals surface area contributed by atoms with Crippen LogP contribution < -0.4 is 5.32 Å². The average Bonchev–Trinajstić information content (AvgIpc) is 3.11. The summed E-state index contributed by atoms with van der Waals surface area (Å²) >= 11 is 0. The third kappa shape index (κ3) is 3.34. The molecule has 3 heterocycles. The molecule has 3 amide bonds. The quantitative estimate of drug-likeness (QED) is 0.798. The molecule has 0 spiro atoms. The van der Waals surface area contributed by atoms with Crippen molar-refractivity contribution in [1.82, 2.24) is 15.1 Å². The summed E-state index contributed by atoms with van der Waals surface area (Å²) in [6, 6.07) is 6.83. The van der Waals surface area contributed by atoms with E-state index in [1.165, 1.54) is 6.26 Å². The van der Waals surface area contributed by atoms with Crippen molar-refractivity contribution in [2.75, 3.05) is 26.2 Å². The van der Waals surface area contributed by atoms with E-state index in [0.29, 0.717) is 50.5 Å². The first kappa shape index (κ1) is 17.4. The maximum Gasteiger partial charge on any atom is 0.289 e. The Morgan fingerprint density at radius 1 is 0.963 bits per heavy atom. The predicted molar refractivity (Wildman–Crippen MR) is 93.4 cm³/mol. The molecule has 1 N–H and O–H groups in total. The molecule has 1 saturated carbocycles. The van der Waals surface area contributed by atoms with Crippen LogP contribution in [0, 0.1) is 5.41 Å². The fourth-order valence-electron chi connectivity index (χ4n) is 3.38. The molecule has 8 heteroatoms. The van der Waals surface area contributed by atoms with Crippen LogP contribution in [0.1, 0.15) is 29.2 Å².